The molecular weight excluding hydrogens is 362 g/mol. The number of aromatic nitrogens is 3. The molecule has 1 fully saturated rings. The van der Waals surface area contributed by atoms with E-state index in [4.69, 9.17) is 0 Å². The van der Waals surface area contributed by atoms with Gasteiger partial charge >= 0.3 is 0 Å². The maximum atomic E-state index is 13.0. The zero-order valence-corrected chi connectivity index (χ0v) is 15.6. The summed E-state index contributed by atoms with van der Waals surface area (Å²) in [6.07, 6.45) is 3.20. The van der Waals surface area contributed by atoms with Crippen LogP contribution in [-0.4, -0.2) is 20.3 Å². The fourth-order valence-corrected chi connectivity index (χ4v) is 3.36. The Morgan fingerprint density at radius 2 is 1.96 bits per heavy atom. The van der Waals surface area contributed by atoms with Crippen molar-refractivity contribution in [2.24, 2.45) is 0 Å². The molecule has 1 unspecified atom stereocenters. The van der Waals surface area contributed by atoms with Gasteiger partial charge in [0.1, 0.15) is 12.2 Å². The second-order valence-electron chi connectivity index (χ2n) is 7.20. The Balaban J connectivity index is 1.45. The zero-order chi connectivity index (χ0) is 19.7. The molecule has 1 saturated carbocycles. The summed E-state index contributed by atoms with van der Waals surface area (Å²) in [7, 11) is 0. The van der Waals surface area contributed by atoms with Gasteiger partial charge in [-0.15, -0.1) is 0 Å². The normalized spacial score (nSPS) is 15.0. The smallest absolute Gasteiger partial charge is 0.282 e. The van der Waals surface area contributed by atoms with Crippen LogP contribution in [0.25, 0.3) is 5.69 Å². The Bertz CT molecular complexity index is 961. The summed E-state index contributed by atoms with van der Waals surface area (Å²) in [5, 5.41) is 6.89. The Kier molecular flexibility index (Phi) is 4.98. The third-order valence-corrected chi connectivity index (χ3v) is 4.99. The van der Waals surface area contributed by atoms with Gasteiger partial charge in [-0.3, -0.25) is 9.48 Å². The molecule has 1 aliphatic carbocycles. The summed E-state index contributed by atoms with van der Waals surface area (Å²) in [5.74, 6) is -0.00633. The molecule has 1 amide bonds. The van der Waals surface area contributed by atoms with Crippen LogP contribution in [0.3, 0.4) is 0 Å². The third kappa shape index (κ3) is 3.98. The number of rotatable bonds is 7. The Morgan fingerprint density at radius 1 is 1.21 bits per heavy atom. The number of benzene rings is 1. The first-order valence-corrected chi connectivity index (χ1v) is 9.39. The summed E-state index contributed by atoms with van der Waals surface area (Å²) in [6.45, 7) is 1.85. The summed E-state index contributed by atoms with van der Waals surface area (Å²) in [4.78, 5) is 12.5. The number of nitrogens with one attached hydrogen (secondary N) is 1. The largest absolute Gasteiger partial charge is 0.348 e. The summed E-state index contributed by atoms with van der Waals surface area (Å²) < 4.78 is 29.4. The van der Waals surface area contributed by atoms with Crippen molar-refractivity contribution in [3.05, 3.63) is 71.8 Å². The second kappa shape index (κ2) is 7.58. The van der Waals surface area contributed by atoms with Crippen molar-refractivity contribution >= 4 is 5.91 Å². The predicted molar refractivity (Wildman–Crippen MR) is 101 cm³/mol. The van der Waals surface area contributed by atoms with Crippen LogP contribution in [0.2, 0.25) is 0 Å². The molecule has 5 nitrogen and oxygen atoms in total. The minimum atomic E-state index is -2.63. The molecule has 0 saturated heterocycles. The van der Waals surface area contributed by atoms with Crippen molar-refractivity contribution in [2.45, 2.75) is 44.7 Å². The number of carbonyl (C=O) groups excluding carboxylic acids is 1. The fourth-order valence-electron chi connectivity index (χ4n) is 3.36. The lowest BCUT2D eigenvalue weighted by atomic mass is 10.1. The van der Waals surface area contributed by atoms with Crippen molar-refractivity contribution in [1.82, 2.24) is 19.7 Å². The topological polar surface area (TPSA) is 51.9 Å². The SMILES string of the molecule is CC(NC(=O)Cn1nc(C(F)F)cc1C1CC1)c1cccc(-n2cccc2)c1. The van der Waals surface area contributed by atoms with Crippen LogP contribution in [0.15, 0.2) is 54.9 Å². The molecule has 1 aromatic carbocycles. The van der Waals surface area contributed by atoms with Gasteiger partial charge in [-0.2, -0.15) is 5.10 Å². The highest BCUT2D eigenvalue weighted by molar-refractivity contribution is 5.76. The fraction of sp³-hybridized carbons (Fsp3) is 0.333. The maximum Gasteiger partial charge on any atom is 0.282 e. The van der Waals surface area contributed by atoms with Gasteiger partial charge in [0.05, 0.1) is 6.04 Å². The van der Waals surface area contributed by atoms with Gasteiger partial charge in [-0.05, 0) is 55.7 Å². The van der Waals surface area contributed by atoms with E-state index in [0.717, 1.165) is 29.8 Å². The minimum absolute atomic E-state index is 0.0554. The molecule has 0 radical (unpaired) electrons. The lowest BCUT2D eigenvalue weighted by Crippen LogP contribution is -2.31. The molecule has 7 heteroatoms. The number of alkyl halides is 2. The highest BCUT2D eigenvalue weighted by Gasteiger charge is 2.30. The highest BCUT2D eigenvalue weighted by atomic mass is 19.3. The molecule has 0 bridgehead atoms. The first-order valence-electron chi connectivity index (χ1n) is 9.39. The van der Waals surface area contributed by atoms with E-state index in [9.17, 15) is 13.6 Å². The van der Waals surface area contributed by atoms with Crippen LogP contribution < -0.4 is 5.32 Å². The van der Waals surface area contributed by atoms with Crippen molar-refractivity contribution in [2.75, 3.05) is 0 Å². The van der Waals surface area contributed by atoms with Gasteiger partial charge in [0, 0.05) is 29.7 Å². The van der Waals surface area contributed by atoms with Crippen molar-refractivity contribution in [3.8, 4) is 5.69 Å². The minimum Gasteiger partial charge on any atom is -0.348 e. The van der Waals surface area contributed by atoms with E-state index in [1.807, 2.05) is 60.3 Å². The van der Waals surface area contributed by atoms with Crippen LogP contribution in [0, 0.1) is 0 Å². The monoisotopic (exact) mass is 384 g/mol. The van der Waals surface area contributed by atoms with Gasteiger partial charge in [-0.1, -0.05) is 12.1 Å². The van der Waals surface area contributed by atoms with Gasteiger partial charge in [0.15, 0.2) is 0 Å². The van der Waals surface area contributed by atoms with Crippen LogP contribution >= 0.6 is 0 Å². The Labute approximate surface area is 162 Å². The van der Waals surface area contributed by atoms with Crippen molar-refractivity contribution < 1.29 is 13.6 Å². The average molecular weight is 384 g/mol. The third-order valence-electron chi connectivity index (χ3n) is 4.99. The number of hydrogen-bond donors (Lipinski definition) is 1. The Hall–Kier alpha value is -2.96. The standard InChI is InChI=1S/C21H22F2N4O/c1-14(16-5-4-6-17(11-16)26-9-2-3-10-26)24-20(28)13-27-19(15-7-8-15)12-18(25-27)21(22)23/h2-6,9-12,14-15,21H,7-8,13H2,1H3,(H,24,28). The van der Waals surface area contributed by atoms with Gasteiger partial charge in [0.25, 0.3) is 6.43 Å². The highest BCUT2D eigenvalue weighted by Crippen LogP contribution is 2.41. The van der Waals surface area contributed by atoms with Crippen LogP contribution in [0.5, 0.6) is 0 Å². The molecular formula is C21H22F2N4O. The second-order valence-corrected chi connectivity index (χ2v) is 7.20. The molecule has 1 aliphatic rings. The van der Waals surface area contributed by atoms with E-state index >= 15 is 0 Å². The van der Waals surface area contributed by atoms with E-state index in [1.54, 1.807) is 0 Å². The molecule has 146 valence electrons. The van der Waals surface area contributed by atoms with Crippen LogP contribution in [-0.2, 0) is 11.3 Å². The molecule has 0 spiro atoms. The lowest BCUT2D eigenvalue weighted by Gasteiger charge is -2.16. The molecule has 0 aliphatic heterocycles. The molecule has 2 heterocycles. The maximum absolute atomic E-state index is 13.0. The van der Waals surface area contributed by atoms with Gasteiger partial charge in [-0.25, -0.2) is 8.78 Å². The summed E-state index contributed by atoms with van der Waals surface area (Å²) >= 11 is 0. The first kappa shape index (κ1) is 18.4. The van der Waals surface area contributed by atoms with Crippen molar-refractivity contribution in [1.29, 1.82) is 0 Å². The molecule has 2 aromatic heterocycles. The van der Waals surface area contributed by atoms with E-state index in [2.05, 4.69) is 10.4 Å². The zero-order valence-electron chi connectivity index (χ0n) is 15.6. The summed E-state index contributed by atoms with van der Waals surface area (Å²) in [6, 6.07) is 13.0. The first-order chi connectivity index (χ1) is 13.5. The molecule has 1 N–H and O–H groups in total. The number of carbonyl (C=O) groups is 1. The average Bonchev–Trinajstić information content (AvgIpc) is 3.19. The molecule has 1 atom stereocenters. The lowest BCUT2D eigenvalue weighted by molar-refractivity contribution is -0.122. The van der Waals surface area contributed by atoms with Gasteiger partial charge in [0.2, 0.25) is 5.91 Å². The number of hydrogen-bond acceptors (Lipinski definition) is 2. The molecule has 4 rings (SSSR count). The number of amides is 1. The van der Waals surface area contributed by atoms with Gasteiger partial charge < -0.3 is 9.88 Å². The summed E-state index contributed by atoms with van der Waals surface area (Å²) in [5.41, 5.74) is 2.44. The molecule has 28 heavy (non-hydrogen) atoms. The Morgan fingerprint density at radius 3 is 2.64 bits per heavy atom. The van der Waals surface area contributed by atoms with Crippen LogP contribution in [0.4, 0.5) is 8.78 Å². The predicted octanol–water partition coefficient (Wildman–Crippen LogP) is 4.37. The van der Waals surface area contributed by atoms with Crippen LogP contribution in [0.1, 0.15) is 55.1 Å². The van der Waals surface area contributed by atoms with E-state index in [-0.39, 0.29) is 30.1 Å². The number of halogens is 2. The van der Waals surface area contributed by atoms with E-state index in [1.165, 1.54) is 10.7 Å². The molecule has 3 aromatic rings. The van der Waals surface area contributed by atoms with Crippen molar-refractivity contribution in [3.63, 3.8) is 0 Å². The quantitative estimate of drug-likeness (QED) is 0.658. The van der Waals surface area contributed by atoms with E-state index < -0.39 is 6.43 Å². The van der Waals surface area contributed by atoms with E-state index in [0.29, 0.717) is 0 Å². The number of nitrogens with zero attached hydrogens (tertiary/aromatic N) is 3.